The fourth-order valence-electron chi connectivity index (χ4n) is 3.07. The first kappa shape index (κ1) is 21.1. The molecular weight excluding hydrogens is 369 g/mol. The molecule has 0 unspecified atom stereocenters. The molecule has 0 aliphatic heterocycles. The molecule has 0 amide bonds. The van der Waals surface area contributed by atoms with E-state index < -0.39 is 5.60 Å². The number of aromatic nitrogens is 4. The molecular formula is C19H25ClFN5O. The summed E-state index contributed by atoms with van der Waals surface area (Å²) in [4.78, 5) is 13.4. The van der Waals surface area contributed by atoms with Crippen molar-refractivity contribution >= 4 is 29.4 Å². The molecule has 146 valence electrons. The third-order valence-electron chi connectivity index (χ3n) is 5.01. The van der Waals surface area contributed by atoms with E-state index in [2.05, 4.69) is 15.0 Å². The number of hydrogen-bond acceptors (Lipinski definition) is 5. The molecule has 2 heterocycles. The van der Waals surface area contributed by atoms with Crippen LogP contribution >= 0.6 is 12.4 Å². The van der Waals surface area contributed by atoms with Crippen molar-refractivity contribution in [2.45, 2.75) is 45.1 Å². The largest absolute Gasteiger partial charge is 0.390 e. The van der Waals surface area contributed by atoms with Crippen LogP contribution in [0.1, 0.15) is 38.9 Å². The second kappa shape index (κ2) is 8.19. The van der Waals surface area contributed by atoms with Crippen molar-refractivity contribution in [3.8, 4) is 11.4 Å². The summed E-state index contributed by atoms with van der Waals surface area (Å²) < 4.78 is 15.3. The quantitative estimate of drug-likeness (QED) is 0.667. The minimum absolute atomic E-state index is 0. The van der Waals surface area contributed by atoms with E-state index in [1.54, 1.807) is 16.7 Å². The maximum absolute atomic E-state index is 13.5. The number of aliphatic hydroxyl groups is 1. The smallest absolute Gasteiger partial charge is 0.165 e. The Balaban J connectivity index is 0.00000261. The van der Waals surface area contributed by atoms with Crippen LogP contribution in [0, 0.1) is 5.82 Å². The number of nitrogens with two attached hydrogens (primary N) is 1. The number of hydrogen-bond donors (Lipinski definition) is 2. The average molecular weight is 394 g/mol. The number of aryl methyl sites for hydroxylation is 2. The van der Waals surface area contributed by atoms with Gasteiger partial charge in [-0.2, -0.15) is 0 Å². The van der Waals surface area contributed by atoms with Crippen molar-refractivity contribution in [3.63, 3.8) is 0 Å². The molecule has 0 saturated carbocycles. The van der Waals surface area contributed by atoms with Gasteiger partial charge in [0.25, 0.3) is 0 Å². The molecule has 0 saturated heterocycles. The van der Waals surface area contributed by atoms with Crippen molar-refractivity contribution in [3.05, 3.63) is 35.9 Å². The average Bonchev–Trinajstić information content (AvgIpc) is 2.97. The fraction of sp³-hybridized carbons (Fsp3) is 0.421. The first-order valence-electron chi connectivity index (χ1n) is 8.84. The number of nitrogens with zero attached hydrogens (tertiary/aromatic N) is 4. The normalized spacial score (nSPS) is 11.6. The minimum Gasteiger partial charge on any atom is -0.390 e. The van der Waals surface area contributed by atoms with Gasteiger partial charge in [0.2, 0.25) is 0 Å². The van der Waals surface area contributed by atoms with Crippen molar-refractivity contribution < 1.29 is 9.50 Å². The van der Waals surface area contributed by atoms with Crippen LogP contribution in [0.3, 0.4) is 0 Å². The Labute approximate surface area is 164 Å². The van der Waals surface area contributed by atoms with Gasteiger partial charge >= 0.3 is 0 Å². The van der Waals surface area contributed by atoms with Crippen LogP contribution < -0.4 is 5.73 Å². The Morgan fingerprint density at radius 1 is 1.19 bits per heavy atom. The number of anilines is 1. The topological polar surface area (TPSA) is 89.9 Å². The molecule has 6 nitrogen and oxygen atoms in total. The van der Waals surface area contributed by atoms with Crippen molar-refractivity contribution in [1.29, 1.82) is 0 Å². The molecule has 0 aliphatic rings. The molecule has 2 aromatic heterocycles. The zero-order valence-corrected chi connectivity index (χ0v) is 16.6. The maximum atomic E-state index is 13.5. The molecule has 0 bridgehead atoms. The second-order valence-electron chi connectivity index (χ2n) is 6.63. The molecule has 27 heavy (non-hydrogen) atoms. The summed E-state index contributed by atoms with van der Waals surface area (Å²) in [5, 5.41) is 10.5. The van der Waals surface area contributed by atoms with E-state index in [1.165, 1.54) is 12.1 Å². The summed E-state index contributed by atoms with van der Waals surface area (Å²) in [7, 11) is 1.82. The number of benzene rings is 1. The van der Waals surface area contributed by atoms with Crippen LogP contribution in [-0.4, -0.2) is 30.2 Å². The van der Waals surface area contributed by atoms with Gasteiger partial charge in [0.15, 0.2) is 17.0 Å². The van der Waals surface area contributed by atoms with Crippen molar-refractivity contribution in [1.82, 2.24) is 19.5 Å². The molecule has 1 aromatic carbocycles. The highest BCUT2D eigenvalue weighted by Gasteiger charge is 2.23. The summed E-state index contributed by atoms with van der Waals surface area (Å²) in [5.41, 5.74) is 7.12. The Hall–Kier alpha value is -2.25. The van der Waals surface area contributed by atoms with Gasteiger partial charge in [0, 0.05) is 19.0 Å². The van der Waals surface area contributed by atoms with Gasteiger partial charge in [-0.05, 0) is 31.4 Å². The van der Waals surface area contributed by atoms with Crippen LogP contribution in [0.15, 0.2) is 24.3 Å². The third kappa shape index (κ3) is 4.20. The fourth-order valence-corrected chi connectivity index (χ4v) is 3.07. The highest BCUT2D eigenvalue weighted by atomic mass is 35.5. The SMILES string of the molecule is CCC(O)(CC)CCc1nc(N)c2nc(-c3cccc(F)c3)n(C)c2n1.Cl. The zero-order valence-electron chi connectivity index (χ0n) is 15.7. The minimum atomic E-state index is -0.716. The molecule has 3 N–H and O–H groups in total. The monoisotopic (exact) mass is 393 g/mol. The number of imidazole rings is 1. The summed E-state index contributed by atoms with van der Waals surface area (Å²) in [6.07, 6.45) is 2.45. The lowest BCUT2D eigenvalue weighted by molar-refractivity contribution is 0.0235. The van der Waals surface area contributed by atoms with Gasteiger partial charge in [0.05, 0.1) is 5.60 Å². The van der Waals surface area contributed by atoms with Crippen LogP contribution in [0.5, 0.6) is 0 Å². The van der Waals surface area contributed by atoms with E-state index in [0.717, 1.165) is 0 Å². The van der Waals surface area contributed by atoms with E-state index in [9.17, 15) is 9.50 Å². The summed E-state index contributed by atoms with van der Waals surface area (Å²) in [5.74, 6) is 1.12. The summed E-state index contributed by atoms with van der Waals surface area (Å²) in [6, 6.07) is 6.24. The molecule has 0 radical (unpaired) electrons. The van der Waals surface area contributed by atoms with Crippen molar-refractivity contribution in [2.75, 3.05) is 5.73 Å². The van der Waals surface area contributed by atoms with E-state index >= 15 is 0 Å². The number of nitrogen functional groups attached to an aromatic ring is 1. The Morgan fingerprint density at radius 2 is 1.89 bits per heavy atom. The van der Waals surface area contributed by atoms with E-state index in [1.807, 2.05) is 20.9 Å². The van der Waals surface area contributed by atoms with Crippen LogP contribution in [0.4, 0.5) is 10.2 Å². The number of fused-ring (bicyclic) bond motifs is 1. The maximum Gasteiger partial charge on any atom is 0.165 e. The van der Waals surface area contributed by atoms with Gasteiger partial charge in [-0.3, -0.25) is 0 Å². The predicted molar refractivity (Wildman–Crippen MR) is 107 cm³/mol. The van der Waals surface area contributed by atoms with Crippen LogP contribution in [0.25, 0.3) is 22.6 Å². The zero-order chi connectivity index (χ0) is 18.9. The Bertz CT molecular complexity index is 939. The van der Waals surface area contributed by atoms with Gasteiger partial charge in [0.1, 0.15) is 17.5 Å². The van der Waals surface area contributed by atoms with E-state index in [-0.39, 0.29) is 18.2 Å². The standard InChI is InChI=1S/C19H24FN5O.ClH/c1-4-19(26,5-2)10-9-14-22-16(21)15-18(23-14)25(3)17(24-15)12-7-6-8-13(20)11-12;/h6-8,11,26H,4-5,9-10H2,1-3H3,(H2,21,22,23);1H. The molecule has 3 aromatic rings. The molecule has 0 spiro atoms. The summed E-state index contributed by atoms with van der Waals surface area (Å²) in [6.45, 7) is 3.93. The van der Waals surface area contributed by atoms with Crippen molar-refractivity contribution in [2.24, 2.45) is 7.05 Å². The first-order valence-corrected chi connectivity index (χ1v) is 8.84. The third-order valence-corrected chi connectivity index (χ3v) is 5.01. The van der Waals surface area contributed by atoms with Crippen LogP contribution in [0.2, 0.25) is 0 Å². The van der Waals surface area contributed by atoms with E-state index in [4.69, 9.17) is 5.73 Å². The highest BCUT2D eigenvalue weighted by Crippen LogP contribution is 2.27. The summed E-state index contributed by atoms with van der Waals surface area (Å²) >= 11 is 0. The van der Waals surface area contributed by atoms with Crippen LogP contribution in [-0.2, 0) is 13.5 Å². The molecule has 0 fully saturated rings. The second-order valence-corrected chi connectivity index (χ2v) is 6.63. The Kier molecular flexibility index (Phi) is 6.38. The molecule has 8 heteroatoms. The molecule has 3 rings (SSSR count). The van der Waals surface area contributed by atoms with E-state index in [0.29, 0.717) is 59.9 Å². The van der Waals surface area contributed by atoms with Gasteiger partial charge in [-0.15, -0.1) is 12.4 Å². The predicted octanol–water partition coefficient (Wildman–Crippen LogP) is 3.66. The number of rotatable bonds is 6. The van der Waals surface area contributed by atoms with Gasteiger partial charge in [-0.25, -0.2) is 19.3 Å². The number of halogens is 2. The van der Waals surface area contributed by atoms with Gasteiger partial charge in [-0.1, -0.05) is 26.0 Å². The highest BCUT2D eigenvalue weighted by molar-refractivity contribution is 5.85. The first-order chi connectivity index (χ1) is 12.4. The lowest BCUT2D eigenvalue weighted by Gasteiger charge is -2.24. The van der Waals surface area contributed by atoms with Gasteiger partial charge < -0.3 is 15.4 Å². The lowest BCUT2D eigenvalue weighted by atomic mass is 9.92. The lowest BCUT2D eigenvalue weighted by Crippen LogP contribution is -2.27. The Morgan fingerprint density at radius 3 is 2.52 bits per heavy atom. The molecule has 0 aliphatic carbocycles. The molecule has 0 atom stereocenters.